The van der Waals surface area contributed by atoms with E-state index >= 15 is 0 Å². The highest BCUT2D eigenvalue weighted by Crippen LogP contribution is 2.17. The molecule has 1 aromatic carbocycles. The third-order valence-electron chi connectivity index (χ3n) is 1.64. The molecule has 16 heavy (non-hydrogen) atoms. The first kappa shape index (κ1) is 12.8. The maximum absolute atomic E-state index is 11.4. The first-order valence-corrected chi connectivity index (χ1v) is 5.50. The maximum atomic E-state index is 11.4. The summed E-state index contributed by atoms with van der Waals surface area (Å²) < 4.78 is 10.0. The molecule has 0 aliphatic rings. The van der Waals surface area contributed by atoms with Gasteiger partial charge in [0.2, 0.25) is 0 Å². The fourth-order valence-corrected chi connectivity index (χ4v) is 1.23. The molecule has 0 radical (unpaired) electrons. The highest BCUT2D eigenvalue weighted by molar-refractivity contribution is 6.17. The monoisotopic (exact) mass is 242 g/mol. The lowest BCUT2D eigenvalue weighted by molar-refractivity contribution is 0.0206. The van der Waals surface area contributed by atoms with Gasteiger partial charge in [-0.2, -0.15) is 0 Å². The van der Waals surface area contributed by atoms with Crippen molar-refractivity contribution in [1.29, 1.82) is 0 Å². The van der Waals surface area contributed by atoms with E-state index in [0.29, 0.717) is 11.6 Å². The van der Waals surface area contributed by atoms with E-state index in [1.807, 2.05) is 6.07 Å². The van der Waals surface area contributed by atoms with Crippen LogP contribution in [-0.2, 0) is 10.6 Å². The van der Waals surface area contributed by atoms with E-state index in [4.69, 9.17) is 21.1 Å². The van der Waals surface area contributed by atoms with Gasteiger partial charge in [0.15, 0.2) is 0 Å². The topological polar surface area (TPSA) is 35.5 Å². The van der Waals surface area contributed by atoms with Gasteiger partial charge < -0.3 is 9.47 Å². The van der Waals surface area contributed by atoms with Crippen LogP contribution in [0, 0.1) is 0 Å². The van der Waals surface area contributed by atoms with Crippen LogP contribution in [0.5, 0.6) is 5.75 Å². The highest BCUT2D eigenvalue weighted by atomic mass is 35.5. The normalized spacial score (nSPS) is 11.0. The van der Waals surface area contributed by atoms with Crippen LogP contribution in [0.25, 0.3) is 0 Å². The van der Waals surface area contributed by atoms with E-state index in [1.54, 1.807) is 39.0 Å². The first-order chi connectivity index (χ1) is 7.40. The molecule has 0 N–H and O–H groups in total. The lowest BCUT2D eigenvalue weighted by atomic mass is 10.2. The molecule has 0 spiro atoms. The van der Waals surface area contributed by atoms with Gasteiger partial charge in [-0.15, -0.1) is 11.6 Å². The molecule has 1 rings (SSSR count). The zero-order valence-electron chi connectivity index (χ0n) is 9.62. The SMILES string of the molecule is CC(C)(C)OC(=O)Oc1cccc(CCl)c1. The zero-order valence-corrected chi connectivity index (χ0v) is 10.4. The van der Waals surface area contributed by atoms with Crippen molar-refractivity contribution < 1.29 is 14.3 Å². The Morgan fingerprint density at radius 2 is 2.06 bits per heavy atom. The molecule has 0 bridgehead atoms. The second kappa shape index (κ2) is 5.21. The zero-order chi connectivity index (χ0) is 12.2. The second-order valence-electron chi connectivity index (χ2n) is 4.35. The van der Waals surface area contributed by atoms with Crippen LogP contribution in [-0.4, -0.2) is 11.8 Å². The molecule has 0 saturated heterocycles. The van der Waals surface area contributed by atoms with Crippen LogP contribution < -0.4 is 4.74 Å². The Kier molecular flexibility index (Phi) is 4.19. The Bertz CT molecular complexity index is 369. The molecular weight excluding hydrogens is 228 g/mol. The predicted octanol–water partition coefficient (Wildman–Crippen LogP) is 3.74. The second-order valence-corrected chi connectivity index (χ2v) is 4.61. The van der Waals surface area contributed by atoms with Gasteiger partial charge in [-0.25, -0.2) is 4.79 Å². The Morgan fingerprint density at radius 3 is 2.62 bits per heavy atom. The van der Waals surface area contributed by atoms with Crippen molar-refractivity contribution >= 4 is 17.8 Å². The number of halogens is 1. The Hall–Kier alpha value is -1.22. The van der Waals surface area contributed by atoms with Crippen molar-refractivity contribution in [2.24, 2.45) is 0 Å². The molecule has 0 aliphatic carbocycles. The van der Waals surface area contributed by atoms with E-state index < -0.39 is 11.8 Å². The molecular formula is C12H15ClO3. The summed E-state index contributed by atoms with van der Waals surface area (Å²) in [7, 11) is 0. The lowest BCUT2D eigenvalue weighted by Crippen LogP contribution is -2.25. The van der Waals surface area contributed by atoms with Crippen molar-refractivity contribution in [2.75, 3.05) is 0 Å². The Morgan fingerprint density at radius 1 is 1.38 bits per heavy atom. The molecule has 0 atom stereocenters. The first-order valence-electron chi connectivity index (χ1n) is 4.96. The van der Waals surface area contributed by atoms with Crippen LogP contribution in [0.3, 0.4) is 0 Å². The van der Waals surface area contributed by atoms with Crippen LogP contribution in [0.15, 0.2) is 24.3 Å². The molecule has 3 nitrogen and oxygen atoms in total. The summed E-state index contributed by atoms with van der Waals surface area (Å²) in [5, 5.41) is 0. The summed E-state index contributed by atoms with van der Waals surface area (Å²) in [6.07, 6.45) is -0.709. The van der Waals surface area contributed by atoms with Crippen molar-refractivity contribution in [3.05, 3.63) is 29.8 Å². The number of hydrogen-bond acceptors (Lipinski definition) is 3. The fraction of sp³-hybridized carbons (Fsp3) is 0.417. The summed E-state index contributed by atoms with van der Waals surface area (Å²) in [6, 6.07) is 7.02. The van der Waals surface area contributed by atoms with Gasteiger partial charge in [-0.1, -0.05) is 12.1 Å². The average molecular weight is 243 g/mol. The van der Waals surface area contributed by atoms with E-state index in [0.717, 1.165) is 5.56 Å². The fourth-order valence-electron chi connectivity index (χ4n) is 1.06. The van der Waals surface area contributed by atoms with Crippen LogP contribution in [0.1, 0.15) is 26.3 Å². The van der Waals surface area contributed by atoms with Crippen molar-refractivity contribution in [3.8, 4) is 5.75 Å². The molecule has 88 valence electrons. The molecule has 0 heterocycles. The lowest BCUT2D eigenvalue weighted by Gasteiger charge is -2.18. The van der Waals surface area contributed by atoms with E-state index in [9.17, 15) is 4.79 Å². The Balaban J connectivity index is 2.62. The summed E-state index contributed by atoms with van der Waals surface area (Å²) in [4.78, 5) is 11.4. The molecule has 4 heteroatoms. The van der Waals surface area contributed by atoms with Gasteiger partial charge in [0, 0.05) is 5.88 Å². The van der Waals surface area contributed by atoms with E-state index in [2.05, 4.69) is 0 Å². The number of hydrogen-bond donors (Lipinski definition) is 0. The standard InChI is InChI=1S/C12H15ClO3/c1-12(2,3)16-11(14)15-10-6-4-5-9(7-10)8-13/h4-7H,8H2,1-3H3. The quantitative estimate of drug-likeness (QED) is 0.450. The number of rotatable bonds is 2. The van der Waals surface area contributed by atoms with Gasteiger partial charge in [0.25, 0.3) is 0 Å². The van der Waals surface area contributed by atoms with Gasteiger partial charge >= 0.3 is 6.16 Å². The summed E-state index contributed by atoms with van der Waals surface area (Å²) >= 11 is 5.67. The van der Waals surface area contributed by atoms with Gasteiger partial charge in [0.05, 0.1) is 0 Å². The maximum Gasteiger partial charge on any atom is 0.514 e. The minimum Gasteiger partial charge on any atom is -0.428 e. The number of alkyl halides is 1. The number of carbonyl (C=O) groups excluding carboxylic acids is 1. The van der Waals surface area contributed by atoms with E-state index in [-0.39, 0.29) is 0 Å². The van der Waals surface area contributed by atoms with E-state index in [1.165, 1.54) is 0 Å². The minimum atomic E-state index is -0.709. The van der Waals surface area contributed by atoms with Crippen LogP contribution in [0.4, 0.5) is 4.79 Å². The minimum absolute atomic E-state index is 0.380. The van der Waals surface area contributed by atoms with Gasteiger partial charge in [0.1, 0.15) is 11.4 Å². The third kappa shape index (κ3) is 4.53. The van der Waals surface area contributed by atoms with Gasteiger partial charge in [-0.05, 0) is 38.5 Å². The molecule has 0 saturated carbocycles. The Labute approximate surface area is 100 Å². The molecule has 0 aromatic heterocycles. The molecule has 0 unspecified atom stereocenters. The van der Waals surface area contributed by atoms with Crippen molar-refractivity contribution in [3.63, 3.8) is 0 Å². The molecule has 0 amide bonds. The third-order valence-corrected chi connectivity index (χ3v) is 1.95. The largest absolute Gasteiger partial charge is 0.514 e. The van der Waals surface area contributed by atoms with Gasteiger partial charge in [-0.3, -0.25) is 0 Å². The predicted molar refractivity (Wildman–Crippen MR) is 62.9 cm³/mol. The molecule has 1 aromatic rings. The van der Waals surface area contributed by atoms with Crippen LogP contribution >= 0.6 is 11.6 Å². The average Bonchev–Trinajstić information content (AvgIpc) is 2.15. The number of ether oxygens (including phenoxy) is 2. The van der Waals surface area contributed by atoms with Crippen molar-refractivity contribution in [1.82, 2.24) is 0 Å². The molecule has 0 aliphatic heterocycles. The number of benzene rings is 1. The highest BCUT2D eigenvalue weighted by Gasteiger charge is 2.17. The number of carbonyl (C=O) groups is 1. The smallest absolute Gasteiger partial charge is 0.428 e. The summed E-state index contributed by atoms with van der Waals surface area (Å²) in [5.74, 6) is 0.818. The summed E-state index contributed by atoms with van der Waals surface area (Å²) in [6.45, 7) is 5.34. The van der Waals surface area contributed by atoms with Crippen LogP contribution in [0.2, 0.25) is 0 Å². The van der Waals surface area contributed by atoms with Crippen molar-refractivity contribution in [2.45, 2.75) is 32.3 Å². The summed E-state index contributed by atoms with van der Waals surface area (Å²) in [5.41, 5.74) is 0.337. The molecule has 0 fully saturated rings.